The van der Waals surface area contributed by atoms with Crippen molar-refractivity contribution >= 4 is 5.91 Å². The fourth-order valence-electron chi connectivity index (χ4n) is 1.36. The second kappa shape index (κ2) is 4.22. The lowest BCUT2D eigenvalue weighted by Crippen LogP contribution is -2.25. The minimum Gasteiger partial charge on any atom is -0.467 e. The zero-order chi connectivity index (χ0) is 11.5. The predicted molar refractivity (Wildman–Crippen MR) is 55.7 cm³/mol. The third-order valence-electron chi connectivity index (χ3n) is 2.16. The van der Waals surface area contributed by atoms with Gasteiger partial charge in [0.15, 0.2) is 0 Å². The van der Waals surface area contributed by atoms with Crippen molar-refractivity contribution in [1.29, 1.82) is 0 Å². The minimum atomic E-state index is -0.211. The molecule has 0 aliphatic carbocycles. The van der Waals surface area contributed by atoms with Gasteiger partial charge in [-0.2, -0.15) is 0 Å². The van der Waals surface area contributed by atoms with Crippen LogP contribution in [0.15, 0.2) is 33.4 Å². The quantitative estimate of drug-likeness (QED) is 0.792. The summed E-state index contributed by atoms with van der Waals surface area (Å²) in [5.41, 5.74) is 0.690. The molecule has 0 bridgehead atoms. The average molecular weight is 220 g/mol. The third-order valence-corrected chi connectivity index (χ3v) is 2.16. The molecular weight excluding hydrogens is 208 g/mol. The molecule has 0 aliphatic heterocycles. The van der Waals surface area contributed by atoms with E-state index in [2.05, 4.69) is 5.16 Å². The standard InChI is InChI=1S/C11H12N2O3/c1-8-6-10(16-12-8)11(14)13(2)7-9-4-3-5-15-9/h3-6H,7H2,1-2H3. The van der Waals surface area contributed by atoms with Gasteiger partial charge in [0, 0.05) is 13.1 Å². The van der Waals surface area contributed by atoms with Crippen molar-refractivity contribution in [2.45, 2.75) is 13.5 Å². The number of hydrogen-bond donors (Lipinski definition) is 0. The van der Waals surface area contributed by atoms with Crippen molar-refractivity contribution < 1.29 is 13.7 Å². The smallest absolute Gasteiger partial charge is 0.292 e. The van der Waals surface area contributed by atoms with Crippen LogP contribution in [-0.4, -0.2) is 23.0 Å². The first kappa shape index (κ1) is 10.5. The van der Waals surface area contributed by atoms with Crippen LogP contribution in [0, 0.1) is 6.92 Å². The van der Waals surface area contributed by atoms with Crippen molar-refractivity contribution in [3.63, 3.8) is 0 Å². The fourth-order valence-corrected chi connectivity index (χ4v) is 1.36. The number of aryl methyl sites for hydroxylation is 1. The lowest BCUT2D eigenvalue weighted by molar-refractivity contribution is 0.0734. The Morgan fingerprint density at radius 2 is 2.38 bits per heavy atom. The summed E-state index contributed by atoms with van der Waals surface area (Å²) in [4.78, 5) is 13.3. The number of carbonyl (C=O) groups is 1. The van der Waals surface area contributed by atoms with E-state index in [1.165, 1.54) is 4.90 Å². The van der Waals surface area contributed by atoms with Gasteiger partial charge in [0.2, 0.25) is 5.76 Å². The number of rotatable bonds is 3. The van der Waals surface area contributed by atoms with Gasteiger partial charge >= 0.3 is 0 Å². The molecule has 0 aliphatic rings. The van der Waals surface area contributed by atoms with Crippen molar-refractivity contribution in [3.05, 3.63) is 41.7 Å². The molecule has 0 saturated heterocycles. The van der Waals surface area contributed by atoms with E-state index >= 15 is 0 Å². The van der Waals surface area contributed by atoms with Crippen molar-refractivity contribution in [3.8, 4) is 0 Å². The fraction of sp³-hybridized carbons (Fsp3) is 0.273. The number of aromatic nitrogens is 1. The van der Waals surface area contributed by atoms with E-state index in [4.69, 9.17) is 8.94 Å². The monoisotopic (exact) mass is 220 g/mol. The molecule has 5 heteroatoms. The highest BCUT2D eigenvalue weighted by molar-refractivity contribution is 5.91. The van der Waals surface area contributed by atoms with Crippen LogP contribution in [0.4, 0.5) is 0 Å². The number of hydrogen-bond acceptors (Lipinski definition) is 4. The number of nitrogens with zero attached hydrogens (tertiary/aromatic N) is 2. The Hall–Kier alpha value is -2.04. The number of furan rings is 1. The SMILES string of the molecule is Cc1cc(C(=O)N(C)Cc2ccco2)on1. The third kappa shape index (κ3) is 2.13. The molecule has 0 radical (unpaired) electrons. The Morgan fingerprint density at radius 1 is 1.56 bits per heavy atom. The molecule has 2 rings (SSSR count). The summed E-state index contributed by atoms with van der Waals surface area (Å²) in [5.74, 6) is 0.760. The largest absolute Gasteiger partial charge is 0.467 e. The first-order valence-corrected chi connectivity index (χ1v) is 4.88. The normalized spacial score (nSPS) is 10.4. The van der Waals surface area contributed by atoms with Gasteiger partial charge in [-0.05, 0) is 19.1 Å². The van der Waals surface area contributed by atoms with Gasteiger partial charge in [-0.3, -0.25) is 4.79 Å². The summed E-state index contributed by atoms with van der Waals surface area (Å²) in [5, 5.41) is 3.67. The van der Waals surface area contributed by atoms with Gasteiger partial charge in [-0.25, -0.2) is 0 Å². The second-order valence-corrected chi connectivity index (χ2v) is 3.57. The minimum absolute atomic E-state index is 0.211. The lowest BCUT2D eigenvalue weighted by atomic mass is 10.3. The van der Waals surface area contributed by atoms with Crippen LogP contribution in [0.5, 0.6) is 0 Å². The molecule has 5 nitrogen and oxygen atoms in total. The Kier molecular flexibility index (Phi) is 2.76. The molecule has 2 heterocycles. The average Bonchev–Trinajstić information content (AvgIpc) is 2.88. The molecule has 84 valence electrons. The maximum Gasteiger partial charge on any atom is 0.292 e. The highest BCUT2D eigenvalue weighted by Gasteiger charge is 2.17. The molecule has 0 spiro atoms. The van der Waals surface area contributed by atoms with Crippen molar-refractivity contribution in [1.82, 2.24) is 10.1 Å². The van der Waals surface area contributed by atoms with Gasteiger partial charge < -0.3 is 13.8 Å². The van der Waals surface area contributed by atoms with Crippen LogP contribution in [-0.2, 0) is 6.54 Å². The van der Waals surface area contributed by atoms with Gasteiger partial charge in [0.1, 0.15) is 5.76 Å². The van der Waals surface area contributed by atoms with Crippen LogP contribution >= 0.6 is 0 Å². The molecule has 0 unspecified atom stereocenters. The molecule has 0 N–H and O–H groups in total. The molecule has 2 aromatic rings. The Balaban J connectivity index is 2.05. The van der Waals surface area contributed by atoms with E-state index < -0.39 is 0 Å². The number of carbonyl (C=O) groups excluding carboxylic acids is 1. The molecule has 0 aromatic carbocycles. The topological polar surface area (TPSA) is 59.5 Å². The molecule has 16 heavy (non-hydrogen) atoms. The van der Waals surface area contributed by atoms with E-state index in [1.807, 2.05) is 6.07 Å². The highest BCUT2D eigenvalue weighted by atomic mass is 16.5. The van der Waals surface area contributed by atoms with E-state index in [9.17, 15) is 4.79 Å². The molecule has 0 saturated carbocycles. The van der Waals surface area contributed by atoms with Crippen molar-refractivity contribution in [2.75, 3.05) is 7.05 Å². The first-order valence-electron chi connectivity index (χ1n) is 4.88. The Bertz CT molecular complexity index is 473. The van der Waals surface area contributed by atoms with E-state index in [0.717, 1.165) is 5.76 Å². The molecular formula is C11H12N2O3. The second-order valence-electron chi connectivity index (χ2n) is 3.57. The van der Waals surface area contributed by atoms with Crippen LogP contribution in [0.3, 0.4) is 0 Å². The molecule has 1 amide bonds. The van der Waals surface area contributed by atoms with E-state index in [0.29, 0.717) is 12.2 Å². The summed E-state index contributed by atoms with van der Waals surface area (Å²) >= 11 is 0. The maximum atomic E-state index is 11.8. The van der Waals surface area contributed by atoms with Crippen molar-refractivity contribution in [2.24, 2.45) is 0 Å². The molecule has 0 fully saturated rings. The van der Waals surface area contributed by atoms with E-state index in [-0.39, 0.29) is 11.7 Å². The van der Waals surface area contributed by atoms with Crippen LogP contribution < -0.4 is 0 Å². The summed E-state index contributed by atoms with van der Waals surface area (Å²) in [6.45, 7) is 2.18. The summed E-state index contributed by atoms with van der Waals surface area (Å²) in [6, 6.07) is 5.21. The first-order chi connectivity index (χ1) is 7.66. The Morgan fingerprint density at radius 3 is 2.94 bits per heavy atom. The predicted octanol–water partition coefficient (Wildman–Crippen LogP) is 1.85. The van der Waals surface area contributed by atoms with Crippen LogP contribution in [0.25, 0.3) is 0 Å². The zero-order valence-electron chi connectivity index (χ0n) is 9.14. The van der Waals surface area contributed by atoms with Gasteiger partial charge in [0.05, 0.1) is 18.5 Å². The summed E-state index contributed by atoms with van der Waals surface area (Å²) in [7, 11) is 1.68. The van der Waals surface area contributed by atoms with Crippen LogP contribution in [0.1, 0.15) is 22.0 Å². The maximum absolute atomic E-state index is 11.8. The van der Waals surface area contributed by atoms with Crippen LogP contribution in [0.2, 0.25) is 0 Å². The number of amides is 1. The zero-order valence-corrected chi connectivity index (χ0v) is 9.14. The van der Waals surface area contributed by atoms with E-state index in [1.54, 1.807) is 32.4 Å². The summed E-state index contributed by atoms with van der Waals surface area (Å²) < 4.78 is 10.0. The lowest BCUT2D eigenvalue weighted by Gasteiger charge is -2.13. The van der Waals surface area contributed by atoms with Gasteiger partial charge in [0.25, 0.3) is 5.91 Å². The molecule has 0 atom stereocenters. The van der Waals surface area contributed by atoms with Gasteiger partial charge in [-0.15, -0.1) is 0 Å². The van der Waals surface area contributed by atoms with Gasteiger partial charge in [-0.1, -0.05) is 5.16 Å². The Labute approximate surface area is 92.6 Å². The highest BCUT2D eigenvalue weighted by Crippen LogP contribution is 2.09. The molecule has 2 aromatic heterocycles. The summed E-state index contributed by atoms with van der Waals surface area (Å²) in [6.07, 6.45) is 1.58.